The summed E-state index contributed by atoms with van der Waals surface area (Å²) in [6.07, 6.45) is 0. The standard InChI is InChI=1S/C27H35N3O4/c1-18(2)28-26(31)16-30-25(21-8-7-9-22(12-21)33-6)13-20-10-11-23(14-24(20)27(30)32)34-17-19(3)15-29(4)5/h7-14,18-19H,15-17H2,1-6H3,(H,28,31). The Morgan fingerprint density at radius 2 is 1.82 bits per heavy atom. The molecule has 34 heavy (non-hydrogen) atoms. The molecule has 3 rings (SSSR count). The van der Waals surface area contributed by atoms with Gasteiger partial charge in [-0.1, -0.05) is 25.1 Å². The Labute approximate surface area is 201 Å². The van der Waals surface area contributed by atoms with Crippen molar-refractivity contribution in [3.8, 4) is 22.8 Å². The van der Waals surface area contributed by atoms with Crippen LogP contribution in [0.5, 0.6) is 11.5 Å². The zero-order chi connectivity index (χ0) is 24.8. The van der Waals surface area contributed by atoms with Gasteiger partial charge in [0, 0.05) is 24.1 Å². The third-order valence-corrected chi connectivity index (χ3v) is 5.41. The Morgan fingerprint density at radius 1 is 1.06 bits per heavy atom. The van der Waals surface area contributed by atoms with Crippen molar-refractivity contribution in [2.24, 2.45) is 5.92 Å². The predicted octanol–water partition coefficient (Wildman–Crippen LogP) is 3.78. The van der Waals surface area contributed by atoms with Gasteiger partial charge < -0.3 is 19.7 Å². The highest BCUT2D eigenvalue weighted by Gasteiger charge is 2.16. The van der Waals surface area contributed by atoms with E-state index in [1.807, 2.05) is 70.4 Å². The summed E-state index contributed by atoms with van der Waals surface area (Å²) >= 11 is 0. The summed E-state index contributed by atoms with van der Waals surface area (Å²) in [7, 11) is 5.66. The number of carbonyl (C=O) groups excluding carboxylic acids is 1. The maximum Gasteiger partial charge on any atom is 0.259 e. The molecule has 0 fully saturated rings. The fraction of sp³-hybridized carbons (Fsp3) is 0.407. The predicted molar refractivity (Wildman–Crippen MR) is 137 cm³/mol. The van der Waals surface area contributed by atoms with E-state index in [4.69, 9.17) is 9.47 Å². The molecule has 1 unspecified atom stereocenters. The average molecular weight is 466 g/mol. The number of amides is 1. The lowest BCUT2D eigenvalue weighted by Gasteiger charge is -2.18. The van der Waals surface area contributed by atoms with Crippen LogP contribution in [0, 0.1) is 5.92 Å². The van der Waals surface area contributed by atoms with Crippen LogP contribution >= 0.6 is 0 Å². The van der Waals surface area contributed by atoms with Crippen LogP contribution in [0.2, 0.25) is 0 Å². The Morgan fingerprint density at radius 3 is 2.50 bits per heavy atom. The number of pyridine rings is 1. The fourth-order valence-corrected chi connectivity index (χ4v) is 4.02. The number of nitrogens with one attached hydrogen (secondary N) is 1. The minimum atomic E-state index is -0.235. The van der Waals surface area contributed by atoms with E-state index in [0.29, 0.717) is 35.1 Å². The van der Waals surface area contributed by atoms with Crippen molar-refractivity contribution in [3.05, 3.63) is 58.9 Å². The lowest BCUT2D eigenvalue weighted by molar-refractivity contribution is -0.122. The van der Waals surface area contributed by atoms with Crippen molar-refractivity contribution >= 4 is 16.7 Å². The molecule has 2 aromatic carbocycles. The first kappa shape index (κ1) is 25.3. The average Bonchev–Trinajstić information content (AvgIpc) is 2.78. The van der Waals surface area contributed by atoms with Crippen molar-refractivity contribution in [2.45, 2.75) is 33.4 Å². The van der Waals surface area contributed by atoms with Gasteiger partial charge in [-0.25, -0.2) is 0 Å². The van der Waals surface area contributed by atoms with Crippen LogP contribution in [-0.2, 0) is 11.3 Å². The van der Waals surface area contributed by atoms with Crippen LogP contribution in [0.15, 0.2) is 53.3 Å². The summed E-state index contributed by atoms with van der Waals surface area (Å²) < 4.78 is 12.9. The molecule has 7 heteroatoms. The monoisotopic (exact) mass is 465 g/mol. The van der Waals surface area contributed by atoms with Crippen LogP contribution in [0.3, 0.4) is 0 Å². The number of ether oxygens (including phenoxy) is 2. The highest BCUT2D eigenvalue weighted by atomic mass is 16.5. The number of carbonyl (C=O) groups is 1. The largest absolute Gasteiger partial charge is 0.497 e. The first-order valence-corrected chi connectivity index (χ1v) is 11.6. The van der Waals surface area contributed by atoms with Crippen molar-refractivity contribution in [1.82, 2.24) is 14.8 Å². The summed E-state index contributed by atoms with van der Waals surface area (Å²) in [4.78, 5) is 28.4. The van der Waals surface area contributed by atoms with E-state index in [1.54, 1.807) is 13.2 Å². The maximum atomic E-state index is 13.6. The normalized spacial score (nSPS) is 12.2. The second-order valence-corrected chi connectivity index (χ2v) is 9.30. The number of methoxy groups -OCH3 is 1. The fourth-order valence-electron chi connectivity index (χ4n) is 4.02. The van der Waals surface area contributed by atoms with E-state index in [-0.39, 0.29) is 24.1 Å². The van der Waals surface area contributed by atoms with Gasteiger partial charge in [0.25, 0.3) is 5.56 Å². The summed E-state index contributed by atoms with van der Waals surface area (Å²) in [5.41, 5.74) is 1.22. The Balaban J connectivity index is 2.05. The smallest absolute Gasteiger partial charge is 0.259 e. The van der Waals surface area contributed by atoms with E-state index in [2.05, 4.69) is 17.1 Å². The second kappa shape index (κ2) is 11.2. The number of hydrogen-bond donors (Lipinski definition) is 1. The van der Waals surface area contributed by atoms with Crippen molar-refractivity contribution in [2.75, 3.05) is 34.4 Å². The number of rotatable bonds is 10. The van der Waals surface area contributed by atoms with E-state index in [1.165, 1.54) is 4.57 Å². The molecule has 1 amide bonds. The second-order valence-electron chi connectivity index (χ2n) is 9.30. The van der Waals surface area contributed by atoms with Gasteiger partial charge in [-0.3, -0.25) is 14.2 Å². The lowest BCUT2D eigenvalue weighted by atomic mass is 10.1. The van der Waals surface area contributed by atoms with Gasteiger partial charge in [0.05, 0.1) is 24.8 Å². The zero-order valence-corrected chi connectivity index (χ0v) is 20.9. The van der Waals surface area contributed by atoms with E-state index in [0.717, 1.165) is 17.5 Å². The van der Waals surface area contributed by atoms with Crippen molar-refractivity contribution < 1.29 is 14.3 Å². The molecule has 0 aliphatic rings. The molecule has 7 nitrogen and oxygen atoms in total. The molecule has 0 saturated carbocycles. The molecule has 1 N–H and O–H groups in total. The van der Waals surface area contributed by atoms with E-state index < -0.39 is 0 Å². The Hall–Kier alpha value is -3.32. The van der Waals surface area contributed by atoms with Crippen molar-refractivity contribution in [1.29, 1.82) is 0 Å². The zero-order valence-electron chi connectivity index (χ0n) is 20.9. The molecule has 0 aliphatic heterocycles. The van der Waals surface area contributed by atoms with Gasteiger partial charge >= 0.3 is 0 Å². The molecule has 1 atom stereocenters. The van der Waals surface area contributed by atoms with Crippen LogP contribution in [0.4, 0.5) is 0 Å². The first-order valence-electron chi connectivity index (χ1n) is 11.6. The summed E-state index contributed by atoms with van der Waals surface area (Å²) in [5, 5.41) is 4.18. The molecule has 182 valence electrons. The number of aromatic nitrogens is 1. The SMILES string of the molecule is COc1cccc(-c2cc3ccc(OCC(C)CN(C)C)cc3c(=O)n2CC(=O)NC(C)C)c1. The topological polar surface area (TPSA) is 72.8 Å². The molecule has 1 aromatic heterocycles. The Bertz CT molecular complexity index is 1200. The number of nitrogens with zero attached hydrogens (tertiary/aromatic N) is 2. The van der Waals surface area contributed by atoms with Gasteiger partial charge in [-0.05, 0) is 63.7 Å². The van der Waals surface area contributed by atoms with E-state index >= 15 is 0 Å². The molecule has 0 aliphatic carbocycles. The molecular formula is C27H35N3O4. The summed E-state index contributed by atoms with van der Waals surface area (Å²) in [6, 6.07) is 14.9. The van der Waals surface area contributed by atoms with Crippen LogP contribution in [0.25, 0.3) is 22.0 Å². The molecule has 0 radical (unpaired) electrons. The molecular weight excluding hydrogens is 430 g/mol. The molecule has 0 saturated heterocycles. The molecule has 1 heterocycles. The maximum absolute atomic E-state index is 13.6. The molecule has 0 spiro atoms. The number of fused-ring (bicyclic) bond motifs is 1. The van der Waals surface area contributed by atoms with Crippen LogP contribution < -0.4 is 20.3 Å². The van der Waals surface area contributed by atoms with Crippen LogP contribution in [0.1, 0.15) is 20.8 Å². The molecule has 3 aromatic rings. The Kier molecular flexibility index (Phi) is 8.34. The van der Waals surface area contributed by atoms with Gasteiger partial charge in [0.2, 0.25) is 5.91 Å². The molecule has 0 bridgehead atoms. The van der Waals surface area contributed by atoms with Gasteiger partial charge in [0.15, 0.2) is 0 Å². The first-order chi connectivity index (χ1) is 16.2. The van der Waals surface area contributed by atoms with Gasteiger partial charge in [-0.15, -0.1) is 0 Å². The van der Waals surface area contributed by atoms with E-state index in [9.17, 15) is 9.59 Å². The number of hydrogen-bond acceptors (Lipinski definition) is 5. The van der Waals surface area contributed by atoms with Gasteiger partial charge in [0.1, 0.15) is 18.0 Å². The third kappa shape index (κ3) is 6.38. The lowest BCUT2D eigenvalue weighted by Crippen LogP contribution is -2.36. The third-order valence-electron chi connectivity index (χ3n) is 5.41. The van der Waals surface area contributed by atoms with Crippen molar-refractivity contribution in [3.63, 3.8) is 0 Å². The minimum Gasteiger partial charge on any atom is -0.497 e. The quantitative estimate of drug-likeness (QED) is 0.493. The highest BCUT2D eigenvalue weighted by molar-refractivity contribution is 5.87. The summed E-state index contributed by atoms with van der Waals surface area (Å²) in [5.74, 6) is 1.45. The van der Waals surface area contributed by atoms with Crippen LogP contribution in [-0.4, -0.2) is 55.8 Å². The number of benzene rings is 2. The summed E-state index contributed by atoms with van der Waals surface area (Å²) in [6.45, 7) is 7.30. The van der Waals surface area contributed by atoms with Gasteiger partial charge in [-0.2, -0.15) is 0 Å². The highest BCUT2D eigenvalue weighted by Crippen LogP contribution is 2.27. The minimum absolute atomic E-state index is 0.0203.